The number of rotatable bonds is 2. The van der Waals surface area contributed by atoms with E-state index < -0.39 is 6.10 Å². The van der Waals surface area contributed by atoms with Gasteiger partial charge in [0.1, 0.15) is 0 Å². The van der Waals surface area contributed by atoms with Gasteiger partial charge in [-0.15, -0.1) is 0 Å². The SMILES string of the molecule is O=C(C1COCCO1)N1CCCC1c1ccc(Br)cc1. The van der Waals surface area contributed by atoms with E-state index >= 15 is 0 Å². The van der Waals surface area contributed by atoms with Gasteiger partial charge in [-0.25, -0.2) is 0 Å². The van der Waals surface area contributed by atoms with Crippen LogP contribution in [0.5, 0.6) is 0 Å². The fraction of sp³-hybridized carbons (Fsp3) is 0.533. The molecule has 2 aliphatic rings. The number of carbonyl (C=O) groups excluding carboxylic acids is 1. The molecule has 2 atom stereocenters. The Hall–Kier alpha value is -0.910. The van der Waals surface area contributed by atoms with Crippen LogP contribution in [0.25, 0.3) is 0 Å². The minimum atomic E-state index is -0.431. The minimum absolute atomic E-state index is 0.0649. The second-order valence-corrected chi connectivity index (χ2v) is 6.09. The number of likely N-dealkylation sites (tertiary alicyclic amines) is 1. The van der Waals surface area contributed by atoms with Crippen molar-refractivity contribution in [2.75, 3.05) is 26.4 Å². The third kappa shape index (κ3) is 2.90. The average Bonchev–Trinajstić information content (AvgIpc) is 2.97. The van der Waals surface area contributed by atoms with Crippen LogP contribution in [0.3, 0.4) is 0 Å². The highest BCUT2D eigenvalue weighted by atomic mass is 79.9. The highest BCUT2D eigenvalue weighted by Crippen LogP contribution is 2.33. The Morgan fingerprint density at radius 1 is 1.25 bits per heavy atom. The van der Waals surface area contributed by atoms with Crippen LogP contribution < -0.4 is 0 Å². The second kappa shape index (κ2) is 6.24. The van der Waals surface area contributed by atoms with Crippen LogP contribution in [0.1, 0.15) is 24.4 Å². The van der Waals surface area contributed by atoms with E-state index in [0.717, 1.165) is 23.9 Å². The van der Waals surface area contributed by atoms with E-state index in [2.05, 4.69) is 28.1 Å². The summed E-state index contributed by atoms with van der Waals surface area (Å²) >= 11 is 3.44. The van der Waals surface area contributed by atoms with Gasteiger partial charge < -0.3 is 14.4 Å². The smallest absolute Gasteiger partial charge is 0.254 e. The Kier molecular flexibility index (Phi) is 4.38. The van der Waals surface area contributed by atoms with Crippen molar-refractivity contribution in [1.29, 1.82) is 0 Å². The van der Waals surface area contributed by atoms with Crippen LogP contribution in [-0.4, -0.2) is 43.3 Å². The Bertz CT molecular complexity index is 471. The summed E-state index contributed by atoms with van der Waals surface area (Å²) in [6.07, 6.45) is 1.63. The quantitative estimate of drug-likeness (QED) is 0.831. The standard InChI is InChI=1S/C15H18BrNO3/c16-12-5-3-11(4-6-12)13-2-1-7-17(13)15(18)14-10-19-8-9-20-14/h3-6,13-14H,1-2,7-10H2. The van der Waals surface area contributed by atoms with Gasteiger partial charge in [0.15, 0.2) is 6.10 Å². The molecule has 0 spiro atoms. The Morgan fingerprint density at radius 2 is 2.05 bits per heavy atom. The predicted octanol–water partition coefficient (Wildman–Crippen LogP) is 2.53. The van der Waals surface area contributed by atoms with E-state index in [4.69, 9.17) is 9.47 Å². The lowest BCUT2D eigenvalue weighted by atomic mass is 10.0. The van der Waals surface area contributed by atoms with Gasteiger partial charge in [0.05, 0.1) is 25.9 Å². The number of halogens is 1. The maximum Gasteiger partial charge on any atom is 0.254 e. The molecule has 2 aliphatic heterocycles. The topological polar surface area (TPSA) is 38.8 Å². The monoisotopic (exact) mass is 339 g/mol. The first kappa shape index (κ1) is 14.0. The summed E-state index contributed by atoms with van der Waals surface area (Å²) in [5.74, 6) is 0.0649. The van der Waals surface area contributed by atoms with Crippen molar-refractivity contribution < 1.29 is 14.3 Å². The molecule has 0 saturated carbocycles. The first-order valence-electron chi connectivity index (χ1n) is 7.01. The van der Waals surface area contributed by atoms with Gasteiger partial charge in [0.2, 0.25) is 0 Å². The third-order valence-corrected chi connectivity index (χ3v) is 4.41. The maximum atomic E-state index is 12.6. The first-order valence-corrected chi connectivity index (χ1v) is 7.80. The van der Waals surface area contributed by atoms with Crippen molar-refractivity contribution in [3.63, 3.8) is 0 Å². The third-order valence-electron chi connectivity index (χ3n) is 3.88. The predicted molar refractivity (Wildman–Crippen MR) is 78.4 cm³/mol. The van der Waals surface area contributed by atoms with Crippen LogP contribution >= 0.6 is 15.9 Å². The molecule has 5 heteroatoms. The molecule has 2 fully saturated rings. The van der Waals surface area contributed by atoms with Crippen LogP contribution in [0, 0.1) is 0 Å². The molecule has 1 amide bonds. The number of nitrogens with zero attached hydrogens (tertiary/aromatic N) is 1. The summed E-state index contributed by atoms with van der Waals surface area (Å²) in [5.41, 5.74) is 1.19. The molecule has 4 nitrogen and oxygen atoms in total. The molecule has 1 aromatic carbocycles. The van der Waals surface area contributed by atoms with Crippen molar-refractivity contribution in [3.05, 3.63) is 34.3 Å². The number of benzene rings is 1. The molecule has 20 heavy (non-hydrogen) atoms. The normalized spacial score (nSPS) is 26.8. The summed E-state index contributed by atoms with van der Waals surface area (Å²) in [6.45, 7) is 2.27. The van der Waals surface area contributed by atoms with Gasteiger partial charge in [0.25, 0.3) is 5.91 Å². The number of ether oxygens (including phenoxy) is 2. The van der Waals surface area contributed by atoms with Gasteiger partial charge in [-0.2, -0.15) is 0 Å². The van der Waals surface area contributed by atoms with Crippen LogP contribution in [0.2, 0.25) is 0 Å². The fourth-order valence-corrected chi connectivity index (χ4v) is 3.14. The van der Waals surface area contributed by atoms with Crippen molar-refractivity contribution >= 4 is 21.8 Å². The summed E-state index contributed by atoms with van der Waals surface area (Å²) < 4.78 is 11.9. The minimum Gasteiger partial charge on any atom is -0.376 e. The summed E-state index contributed by atoms with van der Waals surface area (Å²) in [6, 6.07) is 8.38. The molecule has 0 N–H and O–H groups in total. The van der Waals surface area contributed by atoms with Crippen LogP contribution in [0.15, 0.2) is 28.7 Å². The van der Waals surface area contributed by atoms with E-state index in [1.807, 2.05) is 17.0 Å². The highest BCUT2D eigenvalue weighted by molar-refractivity contribution is 9.10. The lowest BCUT2D eigenvalue weighted by Gasteiger charge is -2.30. The molecule has 0 aromatic heterocycles. The summed E-state index contributed by atoms with van der Waals surface area (Å²) in [4.78, 5) is 14.5. The zero-order valence-electron chi connectivity index (χ0n) is 11.3. The van der Waals surface area contributed by atoms with Crippen molar-refractivity contribution in [1.82, 2.24) is 4.90 Å². The second-order valence-electron chi connectivity index (χ2n) is 5.18. The van der Waals surface area contributed by atoms with Gasteiger partial charge >= 0.3 is 0 Å². The Morgan fingerprint density at radius 3 is 2.75 bits per heavy atom. The molecular weight excluding hydrogens is 322 g/mol. The van der Waals surface area contributed by atoms with E-state index in [9.17, 15) is 4.79 Å². The molecule has 2 saturated heterocycles. The lowest BCUT2D eigenvalue weighted by molar-refractivity contribution is -0.158. The van der Waals surface area contributed by atoms with Gasteiger partial charge in [-0.1, -0.05) is 28.1 Å². The molecule has 2 heterocycles. The zero-order chi connectivity index (χ0) is 13.9. The fourth-order valence-electron chi connectivity index (χ4n) is 2.88. The molecule has 3 rings (SSSR count). The largest absolute Gasteiger partial charge is 0.376 e. The number of hydrogen-bond acceptors (Lipinski definition) is 3. The van der Waals surface area contributed by atoms with Crippen molar-refractivity contribution in [2.45, 2.75) is 25.0 Å². The Balaban J connectivity index is 1.74. The van der Waals surface area contributed by atoms with E-state index in [-0.39, 0.29) is 11.9 Å². The van der Waals surface area contributed by atoms with Crippen molar-refractivity contribution in [2.24, 2.45) is 0 Å². The molecule has 0 aliphatic carbocycles. The average molecular weight is 340 g/mol. The number of amides is 1. The van der Waals surface area contributed by atoms with Crippen LogP contribution in [0.4, 0.5) is 0 Å². The van der Waals surface area contributed by atoms with E-state index in [0.29, 0.717) is 19.8 Å². The number of hydrogen-bond donors (Lipinski definition) is 0. The zero-order valence-corrected chi connectivity index (χ0v) is 12.8. The Labute approximate surface area is 127 Å². The van der Waals surface area contributed by atoms with Gasteiger partial charge in [-0.3, -0.25) is 4.79 Å². The highest BCUT2D eigenvalue weighted by Gasteiger charge is 2.35. The number of carbonyl (C=O) groups is 1. The molecule has 108 valence electrons. The van der Waals surface area contributed by atoms with Gasteiger partial charge in [0, 0.05) is 11.0 Å². The summed E-state index contributed by atoms with van der Waals surface area (Å²) in [5, 5.41) is 0. The van der Waals surface area contributed by atoms with Crippen molar-refractivity contribution in [3.8, 4) is 0 Å². The lowest BCUT2D eigenvalue weighted by Crippen LogP contribution is -2.45. The van der Waals surface area contributed by atoms with E-state index in [1.165, 1.54) is 5.56 Å². The summed E-state index contributed by atoms with van der Waals surface area (Å²) in [7, 11) is 0. The molecular formula is C15H18BrNO3. The van der Waals surface area contributed by atoms with Crippen LogP contribution in [-0.2, 0) is 14.3 Å². The first-order chi connectivity index (χ1) is 9.75. The maximum absolute atomic E-state index is 12.6. The molecule has 0 bridgehead atoms. The van der Waals surface area contributed by atoms with Gasteiger partial charge in [-0.05, 0) is 30.5 Å². The molecule has 2 unspecified atom stereocenters. The molecule has 1 aromatic rings. The van der Waals surface area contributed by atoms with E-state index in [1.54, 1.807) is 0 Å². The molecule has 0 radical (unpaired) electrons.